The Hall–Kier alpha value is -2.16. The van der Waals surface area contributed by atoms with Crippen molar-refractivity contribution in [3.8, 4) is 0 Å². The predicted molar refractivity (Wildman–Crippen MR) is 116 cm³/mol. The Kier molecular flexibility index (Phi) is 7.38. The first-order valence-corrected chi connectivity index (χ1v) is 9.07. The molecule has 0 bridgehead atoms. The molecule has 2 rings (SSSR count). The predicted octanol–water partition coefficient (Wildman–Crippen LogP) is 6.84. The van der Waals surface area contributed by atoms with Crippen molar-refractivity contribution in [2.75, 3.05) is 0 Å². The monoisotopic (exact) mass is 384 g/mol. The third-order valence-electron chi connectivity index (χ3n) is 4.21. The van der Waals surface area contributed by atoms with E-state index in [2.05, 4.69) is 62.2 Å². The molecule has 0 unspecified atom stereocenters. The smallest absolute Gasteiger partial charge is 0.0510 e. The summed E-state index contributed by atoms with van der Waals surface area (Å²) in [4.78, 5) is 0. The number of halogens is 2. The standard InChI is InChI=1S/C22H22Cl2N2/c1-15-5-7-19(13-17(15)3)21(23)9-11-25-26-12-10-22(24)20-8-6-16(2)18(4)14-20/h5-14H,1-4H3/b21-9-,22-10-,25-11+,26-12+. The Morgan fingerprint density at radius 2 is 1.04 bits per heavy atom. The third kappa shape index (κ3) is 5.69. The van der Waals surface area contributed by atoms with E-state index in [1.54, 1.807) is 24.6 Å². The van der Waals surface area contributed by atoms with Gasteiger partial charge in [0.15, 0.2) is 0 Å². The highest BCUT2D eigenvalue weighted by molar-refractivity contribution is 6.50. The van der Waals surface area contributed by atoms with Gasteiger partial charge >= 0.3 is 0 Å². The van der Waals surface area contributed by atoms with Crippen LogP contribution in [0.1, 0.15) is 33.4 Å². The van der Waals surface area contributed by atoms with Crippen LogP contribution in [0.2, 0.25) is 0 Å². The van der Waals surface area contributed by atoms with Crippen LogP contribution >= 0.6 is 23.2 Å². The van der Waals surface area contributed by atoms with E-state index in [1.807, 2.05) is 12.1 Å². The fourth-order valence-electron chi connectivity index (χ4n) is 2.25. The number of rotatable bonds is 5. The molecule has 0 aliphatic rings. The van der Waals surface area contributed by atoms with Gasteiger partial charge in [-0.25, -0.2) is 0 Å². The van der Waals surface area contributed by atoms with Gasteiger partial charge in [0.25, 0.3) is 0 Å². The average molecular weight is 385 g/mol. The molecule has 2 aromatic rings. The van der Waals surface area contributed by atoms with Crippen molar-refractivity contribution in [2.24, 2.45) is 10.2 Å². The second-order valence-corrected chi connectivity index (χ2v) is 6.97. The Labute approximate surface area is 165 Å². The first kappa shape index (κ1) is 20.2. The second kappa shape index (κ2) is 9.51. The van der Waals surface area contributed by atoms with Crippen LogP contribution in [0.4, 0.5) is 0 Å². The van der Waals surface area contributed by atoms with Gasteiger partial charge in [-0.2, -0.15) is 10.2 Å². The van der Waals surface area contributed by atoms with Gasteiger partial charge in [-0.3, -0.25) is 0 Å². The van der Waals surface area contributed by atoms with Gasteiger partial charge < -0.3 is 0 Å². The summed E-state index contributed by atoms with van der Waals surface area (Å²) in [6.45, 7) is 8.27. The fraction of sp³-hybridized carbons (Fsp3) is 0.182. The quantitative estimate of drug-likeness (QED) is 0.398. The summed E-state index contributed by atoms with van der Waals surface area (Å²) in [5.74, 6) is 0. The van der Waals surface area contributed by atoms with Crippen molar-refractivity contribution >= 4 is 45.7 Å². The van der Waals surface area contributed by atoms with Crippen LogP contribution in [0, 0.1) is 27.7 Å². The molecule has 0 N–H and O–H groups in total. The fourth-order valence-corrected chi connectivity index (χ4v) is 2.59. The summed E-state index contributed by atoms with van der Waals surface area (Å²) in [6, 6.07) is 12.2. The lowest BCUT2D eigenvalue weighted by Gasteiger charge is -2.03. The molecule has 134 valence electrons. The van der Waals surface area contributed by atoms with E-state index in [4.69, 9.17) is 23.2 Å². The van der Waals surface area contributed by atoms with Crippen molar-refractivity contribution < 1.29 is 0 Å². The van der Waals surface area contributed by atoms with Crippen LogP contribution in [-0.4, -0.2) is 12.4 Å². The Morgan fingerprint density at radius 1 is 0.654 bits per heavy atom. The van der Waals surface area contributed by atoms with E-state index in [9.17, 15) is 0 Å². The summed E-state index contributed by atoms with van der Waals surface area (Å²) < 4.78 is 0. The number of aryl methyl sites for hydroxylation is 4. The number of hydrogen-bond donors (Lipinski definition) is 0. The molecule has 0 spiro atoms. The summed E-state index contributed by atoms with van der Waals surface area (Å²) in [6.07, 6.45) is 6.56. The number of hydrogen-bond acceptors (Lipinski definition) is 2. The van der Waals surface area contributed by atoms with Crippen LogP contribution in [-0.2, 0) is 0 Å². The average Bonchev–Trinajstić information content (AvgIpc) is 2.62. The van der Waals surface area contributed by atoms with Crippen molar-refractivity contribution in [3.63, 3.8) is 0 Å². The normalized spacial score (nSPS) is 13.2. The van der Waals surface area contributed by atoms with E-state index < -0.39 is 0 Å². The summed E-state index contributed by atoms with van der Waals surface area (Å²) >= 11 is 12.6. The van der Waals surface area contributed by atoms with Crippen LogP contribution < -0.4 is 0 Å². The largest absolute Gasteiger partial charge is 0.159 e. The zero-order valence-corrected chi connectivity index (χ0v) is 16.9. The van der Waals surface area contributed by atoms with Gasteiger partial charge in [0.1, 0.15) is 0 Å². The third-order valence-corrected chi connectivity index (χ3v) is 4.90. The topological polar surface area (TPSA) is 24.7 Å². The molecule has 0 saturated carbocycles. The highest BCUT2D eigenvalue weighted by atomic mass is 35.5. The van der Waals surface area contributed by atoms with Crippen LogP contribution in [0.15, 0.2) is 58.8 Å². The van der Waals surface area contributed by atoms with Crippen molar-refractivity contribution in [2.45, 2.75) is 27.7 Å². The first-order valence-electron chi connectivity index (χ1n) is 8.31. The molecule has 2 nitrogen and oxygen atoms in total. The molecule has 0 radical (unpaired) electrons. The lowest BCUT2D eigenvalue weighted by molar-refractivity contribution is 1.27. The van der Waals surface area contributed by atoms with Crippen LogP contribution in [0.3, 0.4) is 0 Å². The molecular weight excluding hydrogens is 363 g/mol. The molecule has 0 heterocycles. The minimum atomic E-state index is 0.621. The lowest BCUT2D eigenvalue weighted by atomic mass is 10.1. The number of nitrogens with zero attached hydrogens (tertiary/aromatic N) is 2. The molecule has 0 aliphatic heterocycles. The Bertz CT molecular complexity index is 831. The summed E-state index contributed by atoms with van der Waals surface area (Å²) in [5.41, 5.74) is 6.81. The Balaban J connectivity index is 2.00. The van der Waals surface area contributed by atoms with E-state index >= 15 is 0 Å². The highest BCUT2D eigenvalue weighted by Gasteiger charge is 2.00. The Morgan fingerprint density at radius 3 is 1.38 bits per heavy atom. The van der Waals surface area contributed by atoms with E-state index in [0.717, 1.165) is 11.1 Å². The SMILES string of the molecule is Cc1ccc(/C(Cl)=C/C=N/N=C/C=C(\Cl)c2ccc(C)c(C)c2)cc1C. The maximum Gasteiger partial charge on any atom is 0.0510 e. The molecule has 0 aliphatic carbocycles. The summed E-state index contributed by atoms with van der Waals surface area (Å²) in [5, 5.41) is 9.15. The van der Waals surface area contributed by atoms with Gasteiger partial charge in [0.05, 0.1) is 12.4 Å². The zero-order valence-electron chi connectivity index (χ0n) is 15.4. The molecule has 0 amide bonds. The molecular formula is C22H22Cl2N2. The summed E-state index contributed by atoms with van der Waals surface area (Å²) in [7, 11) is 0. The van der Waals surface area contributed by atoms with Gasteiger partial charge in [0.2, 0.25) is 0 Å². The van der Waals surface area contributed by atoms with Crippen molar-refractivity contribution in [3.05, 3.63) is 81.9 Å². The number of allylic oxidation sites excluding steroid dienone is 2. The van der Waals surface area contributed by atoms with Crippen molar-refractivity contribution in [1.82, 2.24) is 0 Å². The van der Waals surface area contributed by atoms with Crippen LogP contribution in [0.25, 0.3) is 10.1 Å². The van der Waals surface area contributed by atoms with Gasteiger partial charge in [0, 0.05) is 10.1 Å². The zero-order chi connectivity index (χ0) is 19.1. The first-order chi connectivity index (χ1) is 12.4. The van der Waals surface area contributed by atoms with Crippen LogP contribution in [0.5, 0.6) is 0 Å². The molecule has 0 saturated heterocycles. The molecule has 0 atom stereocenters. The van der Waals surface area contributed by atoms with Crippen molar-refractivity contribution in [1.29, 1.82) is 0 Å². The van der Waals surface area contributed by atoms with E-state index in [1.165, 1.54) is 22.3 Å². The maximum atomic E-state index is 6.29. The van der Waals surface area contributed by atoms with Gasteiger partial charge in [-0.05, 0) is 73.2 Å². The van der Waals surface area contributed by atoms with E-state index in [-0.39, 0.29) is 0 Å². The highest BCUT2D eigenvalue weighted by Crippen LogP contribution is 2.22. The minimum Gasteiger partial charge on any atom is -0.159 e. The second-order valence-electron chi connectivity index (χ2n) is 6.16. The van der Waals surface area contributed by atoms with E-state index in [0.29, 0.717) is 10.1 Å². The van der Waals surface area contributed by atoms with Gasteiger partial charge in [-0.15, -0.1) is 0 Å². The molecule has 2 aromatic carbocycles. The minimum absolute atomic E-state index is 0.621. The molecule has 4 heteroatoms. The molecule has 26 heavy (non-hydrogen) atoms. The number of benzene rings is 2. The van der Waals surface area contributed by atoms with Gasteiger partial charge in [-0.1, -0.05) is 59.6 Å². The lowest BCUT2D eigenvalue weighted by Crippen LogP contribution is -1.84. The molecule has 0 aromatic heterocycles. The maximum absolute atomic E-state index is 6.29. The molecule has 0 fully saturated rings.